The first-order valence-electron chi connectivity index (χ1n) is 5.37. The molecule has 0 saturated carbocycles. The first-order chi connectivity index (χ1) is 6.98. The third-order valence-electron chi connectivity index (χ3n) is 2.77. The van der Waals surface area contributed by atoms with E-state index in [4.69, 9.17) is 0 Å². The number of pyridine rings is 1. The average molecular weight is 200 g/mol. The highest BCUT2D eigenvalue weighted by Crippen LogP contribution is 2.22. The van der Waals surface area contributed by atoms with Gasteiger partial charge in [-0.2, -0.15) is 0 Å². The third-order valence-corrected chi connectivity index (χ3v) is 2.77. The maximum Gasteiger partial charge on any atom is 0.187 e. The molecule has 0 saturated heterocycles. The van der Waals surface area contributed by atoms with E-state index in [-0.39, 0.29) is 5.41 Å². The second kappa shape index (κ2) is 3.34. The van der Waals surface area contributed by atoms with Gasteiger partial charge < -0.3 is 0 Å². The summed E-state index contributed by atoms with van der Waals surface area (Å²) in [5.74, 6) is 0. The van der Waals surface area contributed by atoms with E-state index in [1.807, 2.05) is 0 Å². The van der Waals surface area contributed by atoms with Crippen LogP contribution in [-0.2, 0) is 12.5 Å². The second-order valence-corrected chi connectivity index (χ2v) is 5.15. The molecular formula is C14H18N+. The van der Waals surface area contributed by atoms with Gasteiger partial charge in [0.15, 0.2) is 11.9 Å². The molecule has 2 aromatic rings. The zero-order chi connectivity index (χ0) is 11.1. The molecule has 0 aliphatic carbocycles. The van der Waals surface area contributed by atoms with E-state index in [2.05, 4.69) is 68.9 Å². The Bertz CT molecular complexity index is 492. The lowest BCUT2D eigenvalue weighted by Crippen LogP contribution is -2.39. The van der Waals surface area contributed by atoms with Crippen molar-refractivity contribution in [2.45, 2.75) is 26.2 Å². The molecule has 1 heteroatoms. The van der Waals surface area contributed by atoms with Gasteiger partial charge in [0.2, 0.25) is 0 Å². The molecular weight excluding hydrogens is 182 g/mol. The minimum Gasteiger partial charge on any atom is -0.204 e. The topological polar surface area (TPSA) is 3.88 Å². The average Bonchev–Trinajstić information content (AvgIpc) is 2.15. The van der Waals surface area contributed by atoms with Crippen LogP contribution in [0.1, 0.15) is 26.5 Å². The predicted molar refractivity (Wildman–Crippen MR) is 63.8 cm³/mol. The number of rotatable bonds is 0. The number of aryl methyl sites for hydroxylation is 1. The van der Waals surface area contributed by atoms with E-state index in [1.165, 1.54) is 16.5 Å². The Labute approximate surface area is 91.4 Å². The van der Waals surface area contributed by atoms with Crippen LogP contribution in [0.4, 0.5) is 0 Å². The molecule has 78 valence electrons. The zero-order valence-corrected chi connectivity index (χ0v) is 9.91. The van der Waals surface area contributed by atoms with Gasteiger partial charge in [-0.1, -0.05) is 39.0 Å². The third kappa shape index (κ3) is 1.87. The summed E-state index contributed by atoms with van der Waals surface area (Å²) in [6.45, 7) is 6.74. The van der Waals surface area contributed by atoms with Crippen molar-refractivity contribution in [3.05, 3.63) is 42.2 Å². The quantitative estimate of drug-likeness (QED) is 0.576. The van der Waals surface area contributed by atoms with Gasteiger partial charge in [-0.3, -0.25) is 0 Å². The van der Waals surface area contributed by atoms with Crippen molar-refractivity contribution in [1.82, 2.24) is 0 Å². The lowest BCUT2D eigenvalue weighted by atomic mass is 9.90. The van der Waals surface area contributed by atoms with Crippen molar-refractivity contribution in [2.75, 3.05) is 0 Å². The van der Waals surface area contributed by atoms with Gasteiger partial charge in [-0.05, 0) is 11.5 Å². The minimum atomic E-state index is 0.193. The molecule has 2 rings (SSSR count). The van der Waals surface area contributed by atoms with Crippen molar-refractivity contribution < 1.29 is 4.57 Å². The smallest absolute Gasteiger partial charge is 0.187 e. The normalized spacial score (nSPS) is 12.0. The highest BCUT2D eigenvalue weighted by Gasteiger charge is 2.23. The highest BCUT2D eigenvalue weighted by atomic mass is 14.9. The van der Waals surface area contributed by atoms with Crippen LogP contribution in [0.2, 0.25) is 0 Å². The molecule has 1 aromatic carbocycles. The monoisotopic (exact) mass is 200 g/mol. The Balaban J connectivity index is 2.73. The Morgan fingerprint density at radius 1 is 1.00 bits per heavy atom. The van der Waals surface area contributed by atoms with Gasteiger partial charge in [0.05, 0.1) is 0 Å². The van der Waals surface area contributed by atoms with Gasteiger partial charge in [-0.25, -0.2) is 4.57 Å². The molecule has 0 spiro atoms. The van der Waals surface area contributed by atoms with Crippen LogP contribution in [0.25, 0.3) is 10.8 Å². The molecule has 1 heterocycles. The summed E-state index contributed by atoms with van der Waals surface area (Å²) in [7, 11) is 2.12. The molecule has 0 radical (unpaired) electrons. The summed E-state index contributed by atoms with van der Waals surface area (Å²) >= 11 is 0. The Morgan fingerprint density at radius 3 is 2.20 bits per heavy atom. The van der Waals surface area contributed by atoms with E-state index < -0.39 is 0 Å². The van der Waals surface area contributed by atoms with E-state index in [0.29, 0.717) is 0 Å². The molecule has 1 nitrogen and oxygen atoms in total. The fourth-order valence-electron chi connectivity index (χ4n) is 2.03. The van der Waals surface area contributed by atoms with E-state index >= 15 is 0 Å². The van der Waals surface area contributed by atoms with E-state index in [1.54, 1.807) is 0 Å². The number of hydrogen-bond donors (Lipinski definition) is 0. The Kier molecular flexibility index (Phi) is 2.26. The summed E-state index contributed by atoms with van der Waals surface area (Å²) in [6.07, 6.45) is 2.20. The van der Waals surface area contributed by atoms with E-state index in [0.717, 1.165) is 0 Å². The molecule has 0 aliphatic rings. The van der Waals surface area contributed by atoms with Crippen molar-refractivity contribution in [3.8, 4) is 0 Å². The van der Waals surface area contributed by atoms with Crippen LogP contribution >= 0.6 is 0 Å². The maximum absolute atomic E-state index is 2.29. The molecule has 15 heavy (non-hydrogen) atoms. The molecule has 0 atom stereocenters. The minimum absolute atomic E-state index is 0.193. The van der Waals surface area contributed by atoms with Gasteiger partial charge >= 0.3 is 0 Å². The number of nitrogens with zero attached hydrogens (tertiary/aromatic N) is 1. The Hall–Kier alpha value is -1.37. The molecule has 0 N–H and O–H groups in total. The largest absolute Gasteiger partial charge is 0.204 e. The van der Waals surface area contributed by atoms with Crippen molar-refractivity contribution in [2.24, 2.45) is 7.05 Å². The summed E-state index contributed by atoms with van der Waals surface area (Å²) in [6, 6.07) is 10.8. The number of benzene rings is 1. The fourth-order valence-corrected chi connectivity index (χ4v) is 2.03. The standard InChI is InChI=1S/C14H18N/c1-14(2,3)13-9-11-7-5-6-8-12(11)10-15(13)4/h5-10H,1-4H3/q+1. The van der Waals surface area contributed by atoms with Crippen LogP contribution < -0.4 is 4.57 Å². The van der Waals surface area contributed by atoms with Crippen molar-refractivity contribution in [3.63, 3.8) is 0 Å². The number of aromatic nitrogens is 1. The van der Waals surface area contributed by atoms with Crippen LogP contribution in [0.15, 0.2) is 36.5 Å². The molecule has 0 unspecified atom stereocenters. The van der Waals surface area contributed by atoms with Gasteiger partial charge in [-0.15, -0.1) is 0 Å². The van der Waals surface area contributed by atoms with Crippen molar-refractivity contribution in [1.29, 1.82) is 0 Å². The summed E-state index contributed by atoms with van der Waals surface area (Å²) in [5.41, 5.74) is 1.56. The lowest BCUT2D eigenvalue weighted by molar-refractivity contribution is -0.681. The van der Waals surface area contributed by atoms with Gasteiger partial charge in [0.25, 0.3) is 0 Å². The fraction of sp³-hybridized carbons (Fsp3) is 0.357. The SMILES string of the molecule is C[n+]1cc2ccccc2cc1C(C)(C)C. The molecule has 0 bridgehead atoms. The van der Waals surface area contributed by atoms with Crippen LogP contribution in [0, 0.1) is 0 Å². The van der Waals surface area contributed by atoms with E-state index in [9.17, 15) is 0 Å². The number of hydrogen-bond acceptors (Lipinski definition) is 0. The molecule has 1 aromatic heterocycles. The predicted octanol–water partition coefficient (Wildman–Crippen LogP) is 2.96. The highest BCUT2D eigenvalue weighted by molar-refractivity contribution is 5.81. The van der Waals surface area contributed by atoms with Crippen molar-refractivity contribution >= 4 is 10.8 Å². The second-order valence-electron chi connectivity index (χ2n) is 5.15. The lowest BCUT2D eigenvalue weighted by Gasteiger charge is -2.15. The van der Waals surface area contributed by atoms with Gasteiger partial charge in [0.1, 0.15) is 7.05 Å². The number of fused-ring (bicyclic) bond motifs is 1. The van der Waals surface area contributed by atoms with Crippen LogP contribution in [0.5, 0.6) is 0 Å². The summed E-state index contributed by atoms with van der Waals surface area (Å²) in [5, 5.41) is 2.62. The Morgan fingerprint density at radius 2 is 1.60 bits per heavy atom. The van der Waals surface area contributed by atoms with Crippen LogP contribution in [-0.4, -0.2) is 0 Å². The summed E-state index contributed by atoms with van der Waals surface area (Å²) in [4.78, 5) is 0. The summed E-state index contributed by atoms with van der Waals surface area (Å²) < 4.78 is 2.22. The first-order valence-corrected chi connectivity index (χ1v) is 5.37. The molecule has 0 fully saturated rings. The maximum atomic E-state index is 2.29. The van der Waals surface area contributed by atoms with Crippen LogP contribution in [0.3, 0.4) is 0 Å². The molecule has 0 aliphatic heterocycles. The molecule has 0 amide bonds. The van der Waals surface area contributed by atoms with Gasteiger partial charge in [0, 0.05) is 16.9 Å². The zero-order valence-electron chi connectivity index (χ0n) is 9.91. The first kappa shape index (κ1) is 10.2.